The molecule has 4 N–H and O–H groups in total. The van der Waals surface area contributed by atoms with Gasteiger partial charge in [-0.15, -0.1) is 0 Å². The fraction of sp³-hybridized carbons (Fsp3) is 0.296. The Hall–Kier alpha value is -4.68. The molecule has 1 atom stereocenters. The van der Waals surface area contributed by atoms with Crippen LogP contribution in [0.25, 0.3) is 11.4 Å². The minimum atomic E-state index is -2.85. The van der Waals surface area contributed by atoms with Crippen LogP contribution in [0.4, 0.5) is 24.8 Å². The zero-order valence-electron chi connectivity index (χ0n) is 21.8. The predicted molar refractivity (Wildman–Crippen MR) is 142 cm³/mol. The first-order chi connectivity index (χ1) is 19.1. The first-order valence-corrected chi connectivity index (χ1v) is 12.6. The van der Waals surface area contributed by atoms with Crippen molar-refractivity contribution in [1.29, 1.82) is 0 Å². The standard InChI is InChI=1S/C27H27F3N8O2/c1-14-9-16(11-18(28)10-14)12-32-24-26(40)38-20(23(35-24)19-7-8-37(36-19)27(29)30)4-5-21(38)25(39)33-13-17-3-6-22(31)34-15(17)2/h3,6-11,21,27H,4-5,12-13H2,1-2H3,(H2,31,34)(H,32,35)(H,33,39). The van der Waals surface area contributed by atoms with Gasteiger partial charge in [0.05, 0.1) is 5.69 Å². The van der Waals surface area contributed by atoms with Gasteiger partial charge in [0.1, 0.15) is 29.1 Å². The molecule has 1 aliphatic heterocycles. The van der Waals surface area contributed by atoms with E-state index in [1.807, 2.05) is 0 Å². The summed E-state index contributed by atoms with van der Waals surface area (Å²) in [7, 11) is 0. The zero-order chi connectivity index (χ0) is 28.6. The minimum Gasteiger partial charge on any atom is -0.384 e. The molecule has 0 radical (unpaired) electrons. The Morgan fingerprint density at radius 2 is 1.95 bits per heavy atom. The number of anilines is 2. The van der Waals surface area contributed by atoms with Gasteiger partial charge in [0.15, 0.2) is 5.82 Å². The monoisotopic (exact) mass is 552 g/mol. The number of carbonyl (C=O) groups excluding carboxylic acids is 1. The van der Waals surface area contributed by atoms with Gasteiger partial charge < -0.3 is 16.4 Å². The molecule has 1 aromatic carbocycles. The predicted octanol–water partition coefficient (Wildman–Crippen LogP) is 3.65. The fourth-order valence-corrected chi connectivity index (χ4v) is 4.88. The zero-order valence-corrected chi connectivity index (χ0v) is 21.8. The summed E-state index contributed by atoms with van der Waals surface area (Å²) in [6.45, 7) is 0.927. The average Bonchev–Trinajstić information content (AvgIpc) is 3.56. The van der Waals surface area contributed by atoms with Crippen LogP contribution in [0.1, 0.15) is 47.1 Å². The van der Waals surface area contributed by atoms with Crippen molar-refractivity contribution < 1.29 is 18.0 Å². The molecule has 0 aliphatic carbocycles. The number of aromatic nitrogens is 5. The van der Waals surface area contributed by atoms with Crippen LogP contribution in [0, 0.1) is 19.7 Å². The minimum absolute atomic E-state index is 0.0748. The van der Waals surface area contributed by atoms with Gasteiger partial charge in [-0.3, -0.25) is 14.2 Å². The highest BCUT2D eigenvalue weighted by atomic mass is 19.3. The topological polar surface area (TPSA) is 133 Å². The molecule has 13 heteroatoms. The Bertz CT molecular complexity index is 1630. The maximum absolute atomic E-state index is 13.9. The van der Waals surface area contributed by atoms with Gasteiger partial charge in [0, 0.05) is 25.0 Å². The SMILES string of the molecule is Cc1cc(F)cc(CNc2nc(-c3ccn(C(F)F)n3)c3n(c2=O)C(C(=O)NCc2ccc(N)nc2C)CC3)c1. The molecule has 0 bridgehead atoms. The van der Waals surface area contributed by atoms with Crippen LogP contribution in [0.15, 0.2) is 47.4 Å². The summed E-state index contributed by atoms with van der Waals surface area (Å²) >= 11 is 0. The molecular formula is C27H27F3N8O2. The number of pyridine rings is 1. The van der Waals surface area contributed by atoms with Gasteiger partial charge in [-0.2, -0.15) is 13.9 Å². The normalized spacial score (nSPS) is 14.4. The van der Waals surface area contributed by atoms with E-state index in [0.717, 1.165) is 11.8 Å². The number of aryl methyl sites for hydroxylation is 2. The Morgan fingerprint density at radius 1 is 1.15 bits per heavy atom. The van der Waals surface area contributed by atoms with Crippen molar-refractivity contribution in [3.05, 3.63) is 86.8 Å². The molecule has 3 aromatic heterocycles. The highest BCUT2D eigenvalue weighted by Crippen LogP contribution is 2.32. The highest BCUT2D eigenvalue weighted by Gasteiger charge is 2.34. The lowest BCUT2D eigenvalue weighted by Crippen LogP contribution is -2.36. The number of benzene rings is 1. The molecule has 4 heterocycles. The Balaban J connectivity index is 1.49. The highest BCUT2D eigenvalue weighted by molar-refractivity contribution is 5.81. The molecule has 0 saturated carbocycles. The smallest absolute Gasteiger partial charge is 0.333 e. The quantitative estimate of drug-likeness (QED) is 0.304. The van der Waals surface area contributed by atoms with Gasteiger partial charge in [0.2, 0.25) is 5.91 Å². The van der Waals surface area contributed by atoms with Crippen molar-refractivity contribution in [2.24, 2.45) is 0 Å². The van der Waals surface area contributed by atoms with E-state index in [2.05, 4.69) is 25.7 Å². The van der Waals surface area contributed by atoms with Gasteiger partial charge in [-0.05, 0) is 67.6 Å². The van der Waals surface area contributed by atoms with E-state index in [1.165, 1.54) is 22.8 Å². The van der Waals surface area contributed by atoms with E-state index in [-0.39, 0.29) is 36.2 Å². The molecule has 1 aliphatic rings. The third-order valence-electron chi connectivity index (χ3n) is 6.76. The molecule has 1 amide bonds. The maximum atomic E-state index is 13.9. The Labute approximate surface area is 227 Å². The number of nitrogens with one attached hydrogen (secondary N) is 2. The van der Waals surface area contributed by atoms with Gasteiger partial charge in [-0.25, -0.2) is 19.0 Å². The van der Waals surface area contributed by atoms with Crippen LogP contribution >= 0.6 is 0 Å². The molecule has 4 aromatic rings. The first-order valence-electron chi connectivity index (χ1n) is 12.6. The number of halogens is 3. The molecule has 208 valence electrons. The molecule has 1 unspecified atom stereocenters. The number of fused-ring (bicyclic) bond motifs is 1. The van der Waals surface area contributed by atoms with E-state index in [9.17, 15) is 22.8 Å². The van der Waals surface area contributed by atoms with E-state index < -0.39 is 24.0 Å². The first kappa shape index (κ1) is 26.9. The number of nitrogens with zero attached hydrogens (tertiary/aromatic N) is 5. The lowest BCUT2D eigenvalue weighted by atomic mass is 10.1. The van der Waals surface area contributed by atoms with Crippen LogP contribution < -0.4 is 21.9 Å². The number of rotatable bonds is 8. The third kappa shape index (κ3) is 5.40. The summed E-state index contributed by atoms with van der Waals surface area (Å²) in [5.74, 6) is -0.548. The van der Waals surface area contributed by atoms with Crippen LogP contribution in [0.5, 0.6) is 0 Å². The number of hydrogen-bond acceptors (Lipinski definition) is 7. The number of nitrogens with two attached hydrogens (primary N) is 1. The van der Waals surface area contributed by atoms with Gasteiger partial charge in [-0.1, -0.05) is 12.1 Å². The second kappa shape index (κ2) is 10.8. The van der Waals surface area contributed by atoms with E-state index in [1.54, 1.807) is 32.0 Å². The van der Waals surface area contributed by atoms with Crippen LogP contribution in [-0.4, -0.2) is 30.2 Å². The maximum Gasteiger partial charge on any atom is 0.333 e. The second-order valence-electron chi connectivity index (χ2n) is 9.63. The molecular weight excluding hydrogens is 525 g/mol. The summed E-state index contributed by atoms with van der Waals surface area (Å²) in [4.78, 5) is 35.5. The Kier molecular flexibility index (Phi) is 7.28. The molecule has 40 heavy (non-hydrogen) atoms. The lowest BCUT2D eigenvalue weighted by molar-refractivity contribution is -0.124. The summed E-state index contributed by atoms with van der Waals surface area (Å²) in [6.07, 6.45) is 1.73. The van der Waals surface area contributed by atoms with E-state index in [0.29, 0.717) is 45.9 Å². The third-order valence-corrected chi connectivity index (χ3v) is 6.76. The number of alkyl halides is 2. The second-order valence-corrected chi connectivity index (χ2v) is 9.63. The van der Waals surface area contributed by atoms with Crippen LogP contribution in [-0.2, 0) is 24.3 Å². The summed E-state index contributed by atoms with van der Waals surface area (Å²) in [5, 5.41) is 9.72. The van der Waals surface area contributed by atoms with Crippen molar-refractivity contribution in [3.8, 4) is 11.4 Å². The lowest BCUT2D eigenvalue weighted by Gasteiger charge is -2.18. The van der Waals surface area contributed by atoms with Crippen molar-refractivity contribution in [2.75, 3.05) is 11.1 Å². The van der Waals surface area contributed by atoms with Crippen LogP contribution in [0.3, 0.4) is 0 Å². The summed E-state index contributed by atoms with van der Waals surface area (Å²) in [5.41, 5.74) is 8.65. The largest absolute Gasteiger partial charge is 0.384 e. The molecule has 10 nitrogen and oxygen atoms in total. The molecule has 0 fully saturated rings. The molecule has 0 saturated heterocycles. The number of hydrogen-bond donors (Lipinski definition) is 3. The summed E-state index contributed by atoms with van der Waals surface area (Å²) in [6, 6.07) is 8.40. The van der Waals surface area contributed by atoms with E-state index in [4.69, 9.17) is 5.73 Å². The van der Waals surface area contributed by atoms with Gasteiger partial charge in [0.25, 0.3) is 5.56 Å². The van der Waals surface area contributed by atoms with Crippen molar-refractivity contribution in [2.45, 2.75) is 52.4 Å². The van der Waals surface area contributed by atoms with Crippen LogP contribution in [0.2, 0.25) is 0 Å². The van der Waals surface area contributed by atoms with Gasteiger partial charge >= 0.3 is 6.55 Å². The number of carbonyl (C=O) groups is 1. The molecule has 0 spiro atoms. The average molecular weight is 553 g/mol. The van der Waals surface area contributed by atoms with Crippen molar-refractivity contribution >= 4 is 17.5 Å². The van der Waals surface area contributed by atoms with E-state index >= 15 is 0 Å². The Morgan fingerprint density at radius 3 is 2.65 bits per heavy atom. The fourth-order valence-electron chi connectivity index (χ4n) is 4.88. The van der Waals surface area contributed by atoms with Crippen molar-refractivity contribution in [3.63, 3.8) is 0 Å². The molecule has 5 rings (SSSR count). The van der Waals surface area contributed by atoms with Crippen molar-refractivity contribution in [1.82, 2.24) is 29.6 Å². The number of nitrogen functional groups attached to an aromatic ring is 1. The number of amides is 1. The summed E-state index contributed by atoms with van der Waals surface area (Å²) < 4.78 is 42.2.